The van der Waals surface area contributed by atoms with Crippen molar-refractivity contribution in [1.82, 2.24) is 0 Å². The summed E-state index contributed by atoms with van der Waals surface area (Å²) in [6.45, 7) is 0.421. The van der Waals surface area contributed by atoms with Crippen LogP contribution in [0.5, 0.6) is 17.2 Å². The molecule has 0 radical (unpaired) electrons. The van der Waals surface area contributed by atoms with Gasteiger partial charge in [0, 0.05) is 30.2 Å². The van der Waals surface area contributed by atoms with Crippen LogP contribution in [0.1, 0.15) is 21.5 Å². The van der Waals surface area contributed by atoms with E-state index in [-0.39, 0.29) is 17.3 Å². The summed E-state index contributed by atoms with van der Waals surface area (Å²) in [7, 11) is 0. The topological polar surface area (TPSA) is 66.8 Å². The third-order valence-corrected chi connectivity index (χ3v) is 4.00. The highest BCUT2D eigenvalue weighted by molar-refractivity contribution is 6.06. The van der Waals surface area contributed by atoms with Crippen molar-refractivity contribution >= 4 is 11.9 Å². The molecule has 0 heterocycles. The van der Waals surface area contributed by atoms with Gasteiger partial charge < -0.3 is 14.9 Å². The Hall–Kier alpha value is -3.53. The molecule has 4 nitrogen and oxygen atoms in total. The smallest absolute Gasteiger partial charge is 0.185 e. The minimum Gasteiger partial charge on any atom is -0.508 e. The summed E-state index contributed by atoms with van der Waals surface area (Å²) in [5, 5.41) is 18.9. The van der Waals surface area contributed by atoms with Gasteiger partial charge in [-0.15, -0.1) is 0 Å². The third kappa shape index (κ3) is 5.47. The molecule has 27 heavy (non-hydrogen) atoms. The van der Waals surface area contributed by atoms with Gasteiger partial charge in [-0.1, -0.05) is 60.7 Å². The fourth-order valence-electron chi connectivity index (χ4n) is 2.60. The maximum absolute atomic E-state index is 12.1. The lowest BCUT2D eigenvalue weighted by molar-refractivity contribution is 0.104. The molecule has 0 saturated heterocycles. The van der Waals surface area contributed by atoms with E-state index in [1.54, 1.807) is 24.3 Å². The minimum absolute atomic E-state index is 0.0255. The molecule has 0 fully saturated rings. The fraction of sp³-hybridized carbons (Fsp3) is 0.0870. The summed E-state index contributed by atoms with van der Waals surface area (Å²) in [5.41, 5.74) is 2.70. The van der Waals surface area contributed by atoms with Crippen LogP contribution >= 0.6 is 0 Å². The highest BCUT2D eigenvalue weighted by Gasteiger charge is 2.02. The molecule has 136 valence electrons. The van der Waals surface area contributed by atoms with E-state index in [0.717, 1.165) is 11.1 Å². The molecule has 0 unspecified atom stereocenters. The third-order valence-electron chi connectivity index (χ3n) is 4.00. The number of ether oxygens (including phenoxy) is 1. The van der Waals surface area contributed by atoms with Crippen LogP contribution < -0.4 is 4.74 Å². The average molecular weight is 360 g/mol. The molecule has 0 amide bonds. The molecule has 0 saturated carbocycles. The molecular formula is C23H20O4. The molecule has 3 aromatic rings. The Labute approximate surface area is 158 Å². The molecule has 3 rings (SSSR count). The van der Waals surface area contributed by atoms with Crippen molar-refractivity contribution in [2.45, 2.75) is 6.42 Å². The summed E-state index contributed by atoms with van der Waals surface area (Å²) >= 11 is 0. The Morgan fingerprint density at radius 3 is 2.22 bits per heavy atom. The summed E-state index contributed by atoms with van der Waals surface area (Å²) in [6.07, 6.45) is 4.05. The number of carbonyl (C=O) groups excluding carboxylic acids is 1. The van der Waals surface area contributed by atoms with E-state index >= 15 is 0 Å². The lowest BCUT2D eigenvalue weighted by Gasteiger charge is -2.07. The Morgan fingerprint density at radius 1 is 0.889 bits per heavy atom. The zero-order valence-electron chi connectivity index (χ0n) is 14.7. The second kappa shape index (κ2) is 8.72. The van der Waals surface area contributed by atoms with Crippen LogP contribution in [0.3, 0.4) is 0 Å². The number of phenolic OH excluding ortho intramolecular Hbond substituents is 2. The van der Waals surface area contributed by atoms with Crippen molar-refractivity contribution < 1.29 is 19.7 Å². The summed E-state index contributed by atoms with van der Waals surface area (Å²) < 4.78 is 5.55. The van der Waals surface area contributed by atoms with Gasteiger partial charge >= 0.3 is 0 Å². The molecule has 3 aromatic carbocycles. The number of allylic oxidation sites excluding steroid dienone is 1. The second-order valence-electron chi connectivity index (χ2n) is 6.09. The van der Waals surface area contributed by atoms with Crippen LogP contribution in [0, 0.1) is 0 Å². The van der Waals surface area contributed by atoms with Crippen LogP contribution in [0.4, 0.5) is 0 Å². The van der Waals surface area contributed by atoms with Gasteiger partial charge in [-0.3, -0.25) is 4.79 Å². The molecule has 2 N–H and O–H groups in total. The number of ketones is 1. The van der Waals surface area contributed by atoms with Gasteiger partial charge in [-0.2, -0.15) is 0 Å². The maximum Gasteiger partial charge on any atom is 0.185 e. The lowest BCUT2D eigenvalue weighted by atomic mass is 10.1. The Balaban J connectivity index is 1.52. The first kappa shape index (κ1) is 18.3. The molecule has 0 bridgehead atoms. The number of carbonyl (C=O) groups is 1. The van der Waals surface area contributed by atoms with E-state index in [1.807, 2.05) is 42.5 Å². The van der Waals surface area contributed by atoms with Gasteiger partial charge in [0.1, 0.15) is 17.2 Å². The van der Waals surface area contributed by atoms with Crippen molar-refractivity contribution in [3.8, 4) is 17.2 Å². The molecule has 0 aliphatic carbocycles. The number of aromatic hydroxyl groups is 2. The summed E-state index contributed by atoms with van der Waals surface area (Å²) in [4.78, 5) is 12.1. The minimum atomic E-state index is -0.0359. The largest absolute Gasteiger partial charge is 0.508 e. The first-order valence-corrected chi connectivity index (χ1v) is 8.62. The van der Waals surface area contributed by atoms with E-state index in [1.165, 1.54) is 18.2 Å². The molecule has 4 heteroatoms. The Bertz CT molecular complexity index is 908. The van der Waals surface area contributed by atoms with Crippen molar-refractivity contribution in [3.05, 3.63) is 95.6 Å². The first-order valence-electron chi connectivity index (χ1n) is 8.62. The van der Waals surface area contributed by atoms with Crippen LogP contribution in [0.2, 0.25) is 0 Å². The maximum atomic E-state index is 12.1. The van der Waals surface area contributed by atoms with Crippen molar-refractivity contribution in [2.75, 3.05) is 6.61 Å². The predicted molar refractivity (Wildman–Crippen MR) is 105 cm³/mol. The lowest BCUT2D eigenvalue weighted by Crippen LogP contribution is -2.01. The predicted octanol–water partition coefficient (Wildman–Crippen LogP) is 4.62. The number of phenols is 2. The van der Waals surface area contributed by atoms with Gasteiger partial charge in [-0.25, -0.2) is 0 Å². The standard InChI is InChI=1S/C23H20O4/c24-20-14-21(25)16-22(15-20)27-13-12-18-8-6-17(7-9-18)10-11-23(26)19-4-2-1-3-5-19/h1-11,14-16,24-25H,12-13H2/b11-10+. The highest BCUT2D eigenvalue weighted by Crippen LogP contribution is 2.25. The normalized spacial score (nSPS) is 10.8. The van der Waals surface area contributed by atoms with Gasteiger partial charge in [-0.05, 0) is 17.2 Å². The molecule has 0 aliphatic rings. The molecule has 0 spiro atoms. The van der Waals surface area contributed by atoms with E-state index in [4.69, 9.17) is 4.74 Å². The Kier molecular flexibility index (Phi) is 5.90. The number of rotatable bonds is 7. The second-order valence-corrected chi connectivity index (χ2v) is 6.09. The van der Waals surface area contributed by atoms with Crippen LogP contribution in [-0.2, 0) is 6.42 Å². The molecule has 0 aliphatic heterocycles. The monoisotopic (exact) mass is 360 g/mol. The summed E-state index contributed by atoms with van der Waals surface area (Å²) in [5.74, 6) is 0.325. The van der Waals surface area contributed by atoms with E-state index in [9.17, 15) is 15.0 Å². The SMILES string of the molecule is O=C(/C=C/c1ccc(CCOc2cc(O)cc(O)c2)cc1)c1ccccc1. The van der Waals surface area contributed by atoms with Crippen molar-refractivity contribution in [1.29, 1.82) is 0 Å². The molecular weight excluding hydrogens is 340 g/mol. The van der Waals surface area contributed by atoms with E-state index in [0.29, 0.717) is 24.3 Å². The number of hydrogen-bond donors (Lipinski definition) is 2. The van der Waals surface area contributed by atoms with Crippen LogP contribution in [0.25, 0.3) is 6.08 Å². The van der Waals surface area contributed by atoms with Crippen LogP contribution in [-0.4, -0.2) is 22.6 Å². The van der Waals surface area contributed by atoms with Crippen LogP contribution in [0.15, 0.2) is 78.9 Å². The van der Waals surface area contributed by atoms with E-state index in [2.05, 4.69) is 0 Å². The first-order chi connectivity index (χ1) is 13.1. The zero-order valence-corrected chi connectivity index (χ0v) is 14.7. The highest BCUT2D eigenvalue weighted by atomic mass is 16.5. The van der Waals surface area contributed by atoms with Gasteiger partial charge in [0.05, 0.1) is 6.61 Å². The van der Waals surface area contributed by atoms with Crippen molar-refractivity contribution in [3.63, 3.8) is 0 Å². The number of hydrogen-bond acceptors (Lipinski definition) is 4. The van der Waals surface area contributed by atoms with Gasteiger partial charge in [0.25, 0.3) is 0 Å². The number of benzene rings is 3. The average Bonchev–Trinajstić information content (AvgIpc) is 2.67. The quantitative estimate of drug-likeness (QED) is 0.477. The summed E-state index contributed by atoms with van der Waals surface area (Å²) in [6, 6.07) is 21.2. The molecule has 0 atom stereocenters. The van der Waals surface area contributed by atoms with E-state index < -0.39 is 0 Å². The molecule has 0 aromatic heterocycles. The van der Waals surface area contributed by atoms with Gasteiger partial charge in [0.2, 0.25) is 0 Å². The van der Waals surface area contributed by atoms with Crippen molar-refractivity contribution in [2.24, 2.45) is 0 Å². The fourth-order valence-corrected chi connectivity index (χ4v) is 2.60. The van der Waals surface area contributed by atoms with Gasteiger partial charge in [0.15, 0.2) is 5.78 Å². The Morgan fingerprint density at radius 2 is 1.56 bits per heavy atom. The zero-order chi connectivity index (χ0) is 19.1.